The Morgan fingerprint density at radius 1 is 0.837 bits per heavy atom. The van der Waals surface area contributed by atoms with E-state index in [2.05, 4.69) is 164 Å². The largest absolute Gasteiger partial charge is 0.219 e. The summed E-state index contributed by atoms with van der Waals surface area (Å²) >= 11 is 0. The Balaban J connectivity index is 1.85. The number of hydrogen-bond donors (Lipinski definition) is 0. The van der Waals surface area contributed by atoms with Gasteiger partial charge in [-0.25, -0.2) is 0 Å². The normalized spacial score (nSPS) is 18.7. The van der Waals surface area contributed by atoms with E-state index in [0.29, 0.717) is 0 Å². The van der Waals surface area contributed by atoms with Gasteiger partial charge in [0.15, 0.2) is 6.21 Å². The molecule has 0 atom stereocenters. The Labute approximate surface area is 259 Å². The Bertz CT molecular complexity index is 1780. The molecule has 0 N–H and O–H groups in total. The fraction of sp³-hybridized carbons (Fsp3) is 0.262. The molecule has 0 fully saturated rings. The van der Waals surface area contributed by atoms with Crippen LogP contribution in [0.25, 0.3) is 22.3 Å². The fourth-order valence-electron chi connectivity index (χ4n) is 7.43. The van der Waals surface area contributed by atoms with Gasteiger partial charge in [0.1, 0.15) is 0 Å². The number of rotatable bonds is 7. The van der Waals surface area contributed by atoms with Crippen LogP contribution in [-0.4, -0.2) is 10.8 Å². The average molecular weight is 565 g/mol. The first-order valence-electron chi connectivity index (χ1n) is 15.6. The van der Waals surface area contributed by atoms with Crippen LogP contribution in [0, 0.1) is 0 Å². The van der Waals surface area contributed by atoms with Crippen LogP contribution in [0.5, 0.6) is 0 Å². The van der Waals surface area contributed by atoms with Crippen molar-refractivity contribution in [3.8, 4) is 11.1 Å². The zero-order chi connectivity index (χ0) is 31.1. The molecule has 0 bridgehead atoms. The highest BCUT2D eigenvalue weighted by atomic mass is 15.0. The molecule has 3 aromatic rings. The topological polar surface area (TPSA) is 3.01 Å². The van der Waals surface area contributed by atoms with Crippen molar-refractivity contribution in [3.05, 3.63) is 149 Å². The van der Waals surface area contributed by atoms with Crippen molar-refractivity contribution in [2.75, 3.05) is 0 Å². The fourth-order valence-corrected chi connectivity index (χ4v) is 7.43. The van der Waals surface area contributed by atoms with E-state index in [1.54, 1.807) is 0 Å². The van der Waals surface area contributed by atoms with Gasteiger partial charge < -0.3 is 0 Å². The van der Waals surface area contributed by atoms with Crippen molar-refractivity contribution in [3.63, 3.8) is 0 Å². The summed E-state index contributed by atoms with van der Waals surface area (Å²) in [6.45, 7) is 26.8. The smallest absolute Gasteiger partial charge is 0.161 e. The molecular weight excluding hydrogens is 518 g/mol. The monoisotopic (exact) mass is 564 g/mol. The van der Waals surface area contributed by atoms with E-state index in [1.165, 1.54) is 61.3 Å². The number of allylic oxidation sites excluding steroid dienone is 9. The highest BCUT2D eigenvalue weighted by Gasteiger charge is 2.47. The van der Waals surface area contributed by atoms with E-state index >= 15 is 0 Å². The number of hydrogen-bond acceptors (Lipinski definition) is 0. The lowest BCUT2D eigenvalue weighted by Gasteiger charge is -2.25. The van der Waals surface area contributed by atoms with Gasteiger partial charge in [0.2, 0.25) is 11.4 Å². The Hall–Kier alpha value is -4.23. The maximum Gasteiger partial charge on any atom is 0.219 e. The third-order valence-corrected chi connectivity index (χ3v) is 9.54. The quantitative estimate of drug-likeness (QED) is 0.152. The summed E-state index contributed by atoms with van der Waals surface area (Å²) in [6.07, 6.45) is 16.1. The van der Waals surface area contributed by atoms with E-state index in [4.69, 9.17) is 0 Å². The summed E-state index contributed by atoms with van der Waals surface area (Å²) in [4.78, 5) is 0. The van der Waals surface area contributed by atoms with Gasteiger partial charge in [0, 0.05) is 34.1 Å². The molecule has 0 radical (unpaired) electrons. The van der Waals surface area contributed by atoms with Gasteiger partial charge in [-0.1, -0.05) is 120 Å². The predicted molar refractivity (Wildman–Crippen MR) is 188 cm³/mol. The summed E-state index contributed by atoms with van der Waals surface area (Å²) in [5.41, 5.74) is 16.5. The minimum absolute atomic E-state index is 0.0393. The van der Waals surface area contributed by atoms with Gasteiger partial charge in [-0.05, 0) is 83.9 Å². The van der Waals surface area contributed by atoms with Crippen molar-refractivity contribution in [2.24, 2.45) is 0 Å². The summed E-state index contributed by atoms with van der Waals surface area (Å²) in [5.74, 6) is 0. The van der Waals surface area contributed by atoms with Crippen molar-refractivity contribution in [2.45, 2.75) is 72.6 Å². The van der Waals surface area contributed by atoms with Crippen LogP contribution >= 0.6 is 0 Å². The predicted octanol–water partition coefficient (Wildman–Crippen LogP) is 11.3. The second-order valence-corrected chi connectivity index (χ2v) is 12.6. The van der Waals surface area contributed by atoms with Crippen LogP contribution in [0.4, 0.5) is 5.69 Å². The molecule has 0 aliphatic heterocycles. The van der Waals surface area contributed by atoms with Crippen molar-refractivity contribution in [1.29, 1.82) is 0 Å². The summed E-state index contributed by atoms with van der Waals surface area (Å²) in [7, 11) is 0. The molecular formula is C42H46N+. The van der Waals surface area contributed by atoms with Crippen LogP contribution in [-0.2, 0) is 17.3 Å². The maximum absolute atomic E-state index is 4.48. The van der Waals surface area contributed by atoms with Crippen LogP contribution < -0.4 is 0 Å². The van der Waals surface area contributed by atoms with Gasteiger partial charge in [0.25, 0.3) is 0 Å². The third-order valence-electron chi connectivity index (χ3n) is 9.54. The molecule has 43 heavy (non-hydrogen) atoms. The molecule has 2 aliphatic carbocycles. The zero-order valence-electron chi connectivity index (χ0n) is 27.3. The second kappa shape index (κ2) is 11.5. The number of fused-ring (bicyclic) bond motifs is 5. The zero-order valence-corrected chi connectivity index (χ0v) is 27.3. The third kappa shape index (κ3) is 4.67. The molecule has 0 aromatic heterocycles. The highest BCUT2D eigenvalue weighted by molar-refractivity contribution is 6.01. The van der Waals surface area contributed by atoms with E-state index in [9.17, 15) is 0 Å². The first kappa shape index (κ1) is 30.2. The summed E-state index contributed by atoms with van der Waals surface area (Å²) in [5, 5.41) is 0. The Morgan fingerprint density at radius 2 is 1.51 bits per heavy atom. The van der Waals surface area contributed by atoms with Crippen molar-refractivity contribution < 1.29 is 4.58 Å². The highest BCUT2D eigenvalue weighted by Crippen LogP contribution is 2.60. The van der Waals surface area contributed by atoms with E-state index in [1.807, 2.05) is 6.08 Å². The first-order chi connectivity index (χ1) is 20.6. The van der Waals surface area contributed by atoms with Crippen LogP contribution in [0.3, 0.4) is 0 Å². The molecule has 0 saturated heterocycles. The van der Waals surface area contributed by atoms with Crippen LogP contribution in [0.15, 0.2) is 115 Å². The second-order valence-electron chi connectivity index (χ2n) is 12.6. The standard InChI is InChI=1S/C42H46N/c1-11-19-30(31-20-17-16-18-21-31)26-27-43(28(6)12-2)40-29(13-3)22-23-33-38-36(42(9,10)39(33)40)25-24-35-37(38)32(14-4)34(15-5)41(35,7)8/h11-12,14-27H,2,6,13H2,1,3-5,7-10H3/q+1/b19-11-,30-26+,32-14+,34-15+,43-27?. The van der Waals surface area contributed by atoms with E-state index in [0.717, 1.165) is 17.7 Å². The Morgan fingerprint density at radius 3 is 2.09 bits per heavy atom. The van der Waals surface area contributed by atoms with Gasteiger partial charge in [-0.2, -0.15) is 4.58 Å². The van der Waals surface area contributed by atoms with Gasteiger partial charge >= 0.3 is 0 Å². The summed E-state index contributed by atoms with van der Waals surface area (Å²) in [6, 6.07) is 20.0. The first-order valence-corrected chi connectivity index (χ1v) is 15.6. The Kier molecular flexibility index (Phi) is 8.05. The van der Waals surface area contributed by atoms with E-state index in [-0.39, 0.29) is 10.8 Å². The molecule has 1 nitrogen and oxygen atoms in total. The summed E-state index contributed by atoms with van der Waals surface area (Å²) < 4.78 is 2.27. The van der Waals surface area contributed by atoms with Gasteiger partial charge in [-0.15, -0.1) is 0 Å². The molecule has 218 valence electrons. The van der Waals surface area contributed by atoms with Crippen LogP contribution in [0.2, 0.25) is 0 Å². The lowest BCUT2D eigenvalue weighted by Crippen LogP contribution is -2.20. The van der Waals surface area contributed by atoms with E-state index < -0.39 is 0 Å². The van der Waals surface area contributed by atoms with Crippen LogP contribution in [0.1, 0.15) is 88.8 Å². The lowest BCUT2D eigenvalue weighted by molar-refractivity contribution is -0.372. The number of nitrogens with zero attached hydrogens (tertiary/aromatic N) is 1. The SMILES string of the molecule is C=CC(=C)[N+](=C/C=C(\C=C/C)c1ccccc1)c1c(CC)ccc2c1C(C)(C)c1ccc3c(c1-2)C(=C/C)/C(=C\C)C3(C)C. The molecule has 0 saturated carbocycles. The lowest BCUT2D eigenvalue weighted by atomic mass is 9.78. The minimum atomic E-state index is -0.204. The molecule has 0 unspecified atom stereocenters. The average Bonchev–Trinajstić information content (AvgIpc) is 3.39. The molecule has 2 aliphatic rings. The molecule has 3 aromatic carbocycles. The van der Waals surface area contributed by atoms with Crippen molar-refractivity contribution >= 4 is 23.0 Å². The van der Waals surface area contributed by atoms with Gasteiger partial charge in [-0.3, -0.25) is 0 Å². The molecule has 5 rings (SSSR count). The molecule has 0 amide bonds. The maximum atomic E-state index is 4.48. The molecule has 0 heterocycles. The molecule has 0 spiro atoms. The van der Waals surface area contributed by atoms with Gasteiger partial charge in [0.05, 0.1) is 0 Å². The minimum Gasteiger partial charge on any atom is -0.161 e. The van der Waals surface area contributed by atoms with Crippen molar-refractivity contribution in [1.82, 2.24) is 0 Å². The molecule has 1 heteroatoms. The number of aryl methyl sites for hydroxylation is 1. The number of benzene rings is 3.